The number of Topliss-reactive ketones (excluding diaryl/α,β-unsaturated/α-hetero) is 2. The fourth-order valence-electron chi connectivity index (χ4n) is 4.36. The lowest BCUT2D eigenvalue weighted by Crippen LogP contribution is -2.49. The van der Waals surface area contributed by atoms with Crippen LogP contribution in [-0.2, 0) is 19.1 Å². The highest BCUT2D eigenvalue weighted by Gasteiger charge is 2.36. The average molecular weight is 394 g/mol. The summed E-state index contributed by atoms with van der Waals surface area (Å²) in [7, 11) is 0. The highest BCUT2D eigenvalue weighted by molar-refractivity contribution is 6.39. The van der Waals surface area contributed by atoms with E-state index in [1.165, 1.54) is 32.1 Å². The Labute approximate surface area is 170 Å². The van der Waals surface area contributed by atoms with Crippen molar-refractivity contribution in [2.24, 2.45) is 11.3 Å². The lowest BCUT2D eigenvalue weighted by atomic mass is 9.83. The van der Waals surface area contributed by atoms with Gasteiger partial charge in [-0.25, -0.2) is 0 Å². The molecule has 1 heterocycles. The molecule has 0 aromatic carbocycles. The van der Waals surface area contributed by atoms with Crippen LogP contribution in [-0.4, -0.2) is 48.2 Å². The van der Waals surface area contributed by atoms with Crippen molar-refractivity contribution in [1.29, 1.82) is 0 Å². The van der Waals surface area contributed by atoms with Gasteiger partial charge in [0, 0.05) is 5.41 Å². The minimum Gasteiger partial charge on any atom is -0.465 e. The predicted molar refractivity (Wildman–Crippen MR) is 110 cm³/mol. The van der Waals surface area contributed by atoms with Gasteiger partial charge in [-0.05, 0) is 44.6 Å². The molecule has 0 aromatic rings. The zero-order chi connectivity index (χ0) is 20.6. The number of hydrogen-bond acceptors (Lipinski definition) is 5. The van der Waals surface area contributed by atoms with Gasteiger partial charge in [-0.15, -0.1) is 0 Å². The summed E-state index contributed by atoms with van der Waals surface area (Å²) in [6.45, 7) is 6.70. The normalized spacial score (nSPS) is 22.0. The molecular weight excluding hydrogens is 354 g/mol. The molecule has 0 radical (unpaired) electrons. The maximum absolute atomic E-state index is 12.6. The van der Waals surface area contributed by atoms with Crippen LogP contribution >= 0.6 is 0 Å². The molecule has 0 N–H and O–H groups in total. The SMILES string of the molecule is CCC(C)(C)C(=O)C(=O)CN1CCCC[C@@H]1C(=O)OCCCC1CCCCC1. The van der Waals surface area contributed by atoms with E-state index in [1.54, 1.807) is 0 Å². The largest absolute Gasteiger partial charge is 0.465 e. The Balaban J connectivity index is 1.79. The molecule has 5 heteroatoms. The van der Waals surface area contributed by atoms with Gasteiger partial charge in [-0.1, -0.05) is 59.3 Å². The number of ether oxygens (including phenoxy) is 1. The van der Waals surface area contributed by atoms with E-state index in [-0.39, 0.29) is 30.1 Å². The molecule has 2 rings (SSSR count). The number of carbonyl (C=O) groups excluding carboxylic acids is 3. The van der Waals surface area contributed by atoms with Crippen LogP contribution in [0.15, 0.2) is 0 Å². The van der Waals surface area contributed by atoms with Crippen molar-refractivity contribution in [3.05, 3.63) is 0 Å². The van der Waals surface area contributed by atoms with E-state index in [9.17, 15) is 14.4 Å². The number of likely N-dealkylation sites (tertiary alicyclic amines) is 1. The van der Waals surface area contributed by atoms with Gasteiger partial charge < -0.3 is 4.74 Å². The third-order valence-electron chi connectivity index (χ3n) is 6.71. The van der Waals surface area contributed by atoms with Crippen LogP contribution in [0.1, 0.15) is 91.4 Å². The number of piperidine rings is 1. The summed E-state index contributed by atoms with van der Waals surface area (Å²) in [5, 5.41) is 0. The molecule has 1 aliphatic heterocycles. The summed E-state index contributed by atoms with van der Waals surface area (Å²) in [6, 6.07) is -0.384. The van der Waals surface area contributed by atoms with E-state index < -0.39 is 5.41 Å². The van der Waals surface area contributed by atoms with Crippen molar-refractivity contribution in [2.75, 3.05) is 19.7 Å². The van der Waals surface area contributed by atoms with Gasteiger partial charge in [0.25, 0.3) is 0 Å². The molecule has 0 spiro atoms. The van der Waals surface area contributed by atoms with Crippen molar-refractivity contribution >= 4 is 17.5 Å². The quantitative estimate of drug-likeness (QED) is 0.314. The third kappa shape index (κ3) is 6.68. The van der Waals surface area contributed by atoms with Gasteiger partial charge in [0.1, 0.15) is 6.04 Å². The molecule has 0 unspecified atom stereocenters. The topological polar surface area (TPSA) is 63.7 Å². The first kappa shape index (κ1) is 23.1. The second-order valence-electron chi connectivity index (χ2n) is 9.29. The molecule has 160 valence electrons. The van der Waals surface area contributed by atoms with Crippen molar-refractivity contribution in [3.63, 3.8) is 0 Å². The Hall–Kier alpha value is -1.23. The van der Waals surface area contributed by atoms with Crippen LogP contribution in [0.4, 0.5) is 0 Å². The Morgan fingerprint density at radius 1 is 1.00 bits per heavy atom. The molecule has 0 bridgehead atoms. The molecule has 28 heavy (non-hydrogen) atoms. The Morgan fingerprint density at radius 2 is 1.68 bits per heavy atom. The molecular formula is C23H39NO4. The fourth-order valence-corrected chi connectivity index (χ4v) is 4.36. The van der Waals surface area contributed by atoms with Gasteiger partial charge in [0.2, 0.25) is 11.6 Å². The maximum atomic E-state index is 12.6. The van der Waals surface area contributed by atoms with Crippen LogP contribution in [0.2, 0.25) is 0 Å². The Morgan fingerprint density at radius 3 is 2.36 bits per heavy atom. The second kappa shape index (κ2) is 11.1. The summed E-state index contributed by atoms with van der Waals surface area (Å²) in [6.07, 6.45) is 12.0. The van der Waals surface area contributed by atoms with Gasteiger partial charge in [0.05, 0.1) is 13.2 Å². The van der Waals surface area contributed by atoms with E-state index in [1.807, 2.05) is 25.7 Å². The van der Waals surface area contributed by atoms with E-state index >= 15 is 0 Å². The first-order chi connectivity index (χ1) is 13.3. The monoisotopic (exact) mass is 393 g/mol. The molecule has 1 saturated heterocycles. The van der Waals surface area contributed by atoms with E-state index in [0.717, 1.165) is 31.6 Å². The van der Waals surface area contributed by atoms with E-state index in [0.29, 0.717) is 26.0 Å². The van der Waals surface area contributed by atoms with Crippen molar-refractivity contribution in [2.45, 2.75) is 97.4 Å². The standard InChI is InChI=1S/C23H39NO4/c1-4-23(2,3)21(26)20(25)17-24-15-9-8-14-19(24)22(27)28-16-10-13-18-11-6-5-7-12-18/h18-19H,4-17H2,1-3H3/t19-/m1/s1. The summed E-state index contributed by atoms with van der Waals surface area (Å²) in [5.74, 6) is -0.147. The van der Waals surface area contributed by atoms with Crippen LogP contribution in [0.3, 0.4) is 0 Å². The van der Waals surface area contributed by atoms with Crippen molar-refractivity contribution < 1.29 is 19.1 Å². The number of rotatable bonds is 10. The molecule has 1 aliphatic carbocycles. The number of hydrogen-bond donors (Lipinski definition) is 0. The van der Waals surface area contributed by atoms with Crippen LogP contribution in [0, 0.1) is 11.3 Å². The first-order valence-corrected chi connectivity index (χ1v) is 11.3. The Kier molecular flexibility index (Phi) is 9.13. The van der Waals surface area contributed by atoms with Gasteiger partial charge in [0.15, 0.2) is 0 Å². The molecule has 2 aliphatic rings. The third-order valence-corrected chi connectivity index (χ3v) is 6.71. The predicted octanol–water partition coefficient (Wildman–Crippen LogP) is 4.32. The number of ketones is 2. The van der Waals surface area contributed by atoms with Crippen molar-refractivity contribution in [1.82, 2.24) is 4.90 Å². The maximum Gasteiger partial charge on any atom is 0.323 e. The van der Waals surface area contributed by atoms with Gasteiger partial charge in [-0.3, -0.25) is 19.3 Å². The summed E-state index contributed by atoms with van der Waals surface area (Å²) < 4.78 is 5.56. The lowest BCUT2D eigenvalue weighted by molar-refractivity contribution is -0.153. The zero-order valence-electron chi connectivity index (χ0n) is 18.1. The highest BCUT2D eigenvalue weighted by atomic mass is 16.5. The number of esters is 1. The zero-order valence-corrected chi connectivity index (χ0v) is 18.1. The minimum atomic E-state index is -0.637. The molecule has 2 fully saturated rings. The summed E-state index contributed by atoms with van der Waals surface area (Å²) in [4.78, 5) is 39.4. The Bertz CT molecular complexity index is 537. The molecule has 1 saturated carbocycles. The van der Waals surface area contributed by atoms with E-state index in [4.69, 9.17) is 4.74 Å². The minimum absolute atomic E-state index is 0.0318. The molecule has 0 aromatic heterocycles. The molecule has 5 nitrogen and oxygen atoms in total. The average Bonchev–Trinajstić information content (AvgIpc) is 2.71. The highest BCUT2D eigenvalue weighted by Crippen LogP contribution is 2.27. The first-order valence-electron chi connectivity index (χ1n) is 11.3. The van der Waals surface area contributed by atoms with Crippen molar-refractivity contribution in [3.8, 4) is 0 Å². The van der Waals surface area contributed by atoms with E-state index in [2.05, 4.69) is 0 Å². The van der Waals surface area contributed by atoms with Crippen LogP contribution in [0.5, 0.6) is 0 Å². The smallest absolute Gasteiger partial charge is 0.323 e. The molecule has 1 atom stereocenters. The van der Waals surface area contributed by atoms with Crippen LogP contribution < -0.4 is 0 Å². The lowest BCUT2D eigenvalue weighted by Gasteiger charge is -2.34. The summed E-state index contributed by atoms with van der Waals surface area (Å²) in [5.41, 5.74) is -0.637. The number of nitrogens with zero attached hydrogens (tertiary/aromatic N) is 1. The fraction of sp³-hybridized carbons (Fsp3) is 0.870. The van der Waals surface area contributed by atoms with Gasteiger partial charge in [-0.2, -0.15) is 0 Å². The molecule has 0 amide bonds. The van der Waals surface area contributed by atoms with Crippen LogP contribution in [0.25, 0.3) is 0 Å². The second-order valence-corrected chi connectivity index (χ2v) is 9.29. The summed E-state index contributed by atoms with van der Waals surface area (Å²) >= 11 is 0. The van der Waals surface area contributed by atoms with Gasteiger partial charge >= 0.3 is 5.97 Å². The number of carbonyl (C=O) groups is 3.